The molecule has 0 atom stereocenters. The molecule has 0 saturated carbocycles. The quantitative estimate of drug-likeness (QED) is 0.740. The minimum atomic E-state index is 0.685. The van der Waals surface area contributed by atoms with Crippen molar-refractivity contribution < 1.29 is 9.53 Å². The van der Waals surface area contributed by atoms with Gasteiger partial charge in [-0.2, -0.15) is 0 Å². The third-order valence-corrected chi connectivity index (χ3v) is 2.93. The Kier molecular flexibility index (Phi) is 2.69. The number of ether oxygens (including phenoxy) is 1. The molecule has 1 heterocycles. The van der Waals surface area contributed by atoms with Gasteiger partial charge in [-0.3, -0.25) is 4.79 Å². The maximum absolute atomic E-state index is 11.0. The van der Waals surface area contributed by atoms with Gasteiger partial charge in [0.1, 0.15) is 5.75 Å². The summed E-state index contributed by atoms with van der Waals surface area (Å²) >= 11 is 0. The van der Waals surface area contributed by atoms with E-state index in [1.807, 2.05) is 23.9 Å². The first-order valence-electron chi connectivity index (χ1n) is 5.33. The highest BCUT2D eigenvalue weighted by molar-refractivity contribution is 6.02. The van der Waals surface area contributed by atoms with Crippen molar-refractivity contribution in [3.05, 3.63) is 29.5 Å². The van der Waals surface area contributed by atoms with Crippen molar-refractivity contribution in [3.63, 3.8) is 0 Å². The van der Waals surface area contributed by atoms with Gasteiger partial charge in [-0.1, -0.05) is 13.0 Å². The van der Waals surface area contributed by atoms with Crippen LogP contribution in [0.15, 0.2) is 18.3 Å². The number of hydrogen-bond acceptors (Lipinski definition) is 2. The third-order valence-electron chi connectivity index (χ3n) is 2.93. The molecule has 1 aromatic heterocycles. The van der Waals surface area contributed by atoms with E-state index >= 15 is 0 Å². The number of aryl methyl sites for hydroxylation is 2. The largest absolute Gasteiger partial charge is 0.496 e. The molecule has 16 heavy (non-hydrogen) atoms. The van der Waals surface area contributed by atoms with Crippen molar-refractivity contribution in [2.45, 2.75) is 13.3 Å². The van der Waals surface area contributed by atoms with Gasteiger partial charge < -0.3 is 9.30 Å². The van der Waals surface area contributed by atoms with E-state index in [0.717, 1.165) is 29.4 Å². The van der Waals surface area contributed by atoms with E-state index in [4.69, 9.17) is 4.74 Å². The molecular formula is C13H15NO2. The molecule has 0 bridgehead atoms. The number of benzene rings is 1. The lowest BCUT2D eigenvalue weighted by atomic mass is 10.1. The van der Waals surface area contributed by atoms with Crippen molar-refractivity contribution in [2.24, 2.45) is 7.05 Å². The predicted molar refractivity (Wildman–Crippen MR) is 64.2 cm³/mol. The van der Waals surface area contributed by atoms with Crippen LogP contribution in [0.3, 0.4) is 0 Å². The summed E-state index contributed by atoms with van der Waals surface area (Å²) < 4.78 is 7.30. The van der Waals surface area contributed by atoms with Crippen molar-refractivity contribution >= 4 is 17.2 Å². The van der Waals surface area contributed by atoms with E-state index in [2.05, 4.69) is 13.0 Å². The zero-order valence-corrected chi connectivity index (χ0v) is 9.78. The highest BCUT2D eigenvalue weighted by Gasteiger charge is 2.13. The first-order valence-corrected chi connectivity index (χ1v) is 5.33. The van der Waals surface area contributed by atoms with E-state index in [0.29, 0.717) is 5.56 Å². The molecule has 0 spiro atoms. The average Bonchev–Trinajstić information content (AvgIpc) is 2.66. The summed E-state index contributed by atoms with van der Waals surface area (Å²) in [5.74, 6) is 0.759. The lowest BCUT2D eigenvalue weighted by Gasteiger charge is -2.07. The molecule has 0 saturated heterocycles. The number of aromatic nitrogens is 1. The van der Waals surface area contributed by atoms with Gasteiger partial charge in [0.15, 0.2) is 6.29 Å². The maximum Gasteiger partial charge on any atom is 0.152 e. The van der Waals surface area contributed by atoms with Gasteiger partial charge in [0, 0.05) is 18.8 Å². The van der Waals surface area contributed by atoms with Crippen LogP contribution < -0.4 is 4.74 Å². The Balaban J connectivity index is 2.91. The summed E-state index contributed by atoms with van der Waals surface area (Å²) in [6.07, 6.45) is 3.67. The second-order valence-corrected chi connectivity index (χ2v) is 3.82. The molecule has 0 radical (unpaired) electrons. The molecule has 0 unspecified atom stereocenters. The van der Waals surface area contributed by atoms with E-state index in [1.54, 1.807) is 7.11 Å². The van der Waals surface area contributed by atoms with Gasteiger partial charge in [-0.05, 0) is 18.1 Å². The summed E-state index contributed by atoms with van der Waals surface area (Å²) in [5.41, 5.74) is 3.00. The van der Waals surface area contributed by atoms with Crippen molar-refractivity contribution in [1.82, 2.24) is 4.57 Å². The van der Waals surface area contributed by atoms with Crippen LogP contribution in [0.4, 0.5) is 0 Å². The second kappa shape index (κ2) is 4.00. The van der Waals surface area contributed by atoms with E-state index < -0.39 is 0 Å². The van der Waals surface area contributed by atoms with Crippen LogP contribution >= 0.6 is 0 Å². The van der Waals surface area contributed by atoms with Gasteiger partial charge in [-0.15, -0.1) is 0 Å². The summed E-state index contributed by atoms with van der Waals surface area (Å²) in [6, 6.07) is 3.98. The summed E-state index contributed by atoms with van der Waals surface area (Å²) in [7, 11) is 3.58. The fourth-order valence-electron chi connectivity index (χ4n) is 2.18. The number of nitrogens with zero attached hydrogens (tertiary/aromatic N) is 1. The van der Waals surface area contributed by atoms with Crippen molar-refractivity contribution in [2.75, 3.05) is 7.11 Å². The fourth-order valence-corrected chi connectivity index (χ4v) is 2.18. The highest BCUT2D eigenvalue weighted by atomic mass is 16.5. The number of hydrogen-bond donors (Lipinski definition) is 0. The Labute approximate surface area is 94.6 Å². The van der Waals surface area contributed by atoms with Crippen LogP contribution in [-0.2, 0) is 13.5 Å². The predicted octanol–water partition coefficient (Wildman–Crippen LogP) is 2.56. The molecule has 0 aliphatic carbocycles. The second-order valence-electron chi connectivity index (χ2n) is 3.82. The Bertz CT molecular complexity index is 540. The molecule has 2 aromatic rings. The van der Waals surface area contributed by atoms with Gasteiger partial charge >= 0.3 is 0 Å². The molecule has 0 amide bonds. The molecule has 3 nitrogen and oxygen atoms in total. The molecule has 0 N–H and O–H groups in total. The standard InChI is InChI=1S/C13H15NO2/c1-4-9-5-6-11(16-3)12-10(8-15)7-14(2)13(9)12/h5-8H,4H2,1-3H3. The monoisotopic (exact) mass is 217 g/mol. The smallest absolute Gasteiger partial charge is 0.152 e. The average molecular weight is 217 g/mol. The first kappa shape index (κ1) is 10.7. The van der Waals surface area contributed by atoms with Crippen LogP contribution in [0.5, 0.6) is 5.75 Å². The van der Waals surface area contributed by atoms with E-state index in [1.165, 1.54) is 5.56 Å². The lowest BCUT2D eigenvalue weighted by Crippen LogP contribution is -1.92. The normalized spacial score (nSPS) is 10.7. The highest BCUT2D eigenvalue weighted by Crippen LogP contribution is 2.32. The third kappa shape index (κ3) is 1.40. The van der Waals surface area contributed by atoms with Gasteiger partial charge in [-0.25, -0.2) is 0 Å². The molecule has 2 rings (SSSR count). The Hall–Kier alpha value is -1.77. The topological polar surface area (TPSA) is 31.2 Å². The molecular weight excluding hydrogens is 202 g/mol. The van der Waals surface area contributed by atoms with Crippen LogP contribution in [0.1, 0.15) is 22.8 Å². The fraction of sp³-hybridized carbons (Fsp3) is 0.308. The molecule has 84 valence electrons. The lowest BCUT2D eigenvalue weighted by molar-refractivity contribution is 0.112. The van der Waals surface area contributed by atoms with Gasteiger partial charge in [0.05, 0.1) is 18.0 Å². The summed E-state index contributed by atoms with van der Waals surface area (Å²) in [6.45, 7) is 2.11. The minimum absolute atomic E-state index is 0.685. The number of carbonyl (C=O) groups is 1. The molecule has 0 aliphatic rings. The molecule has 0 aliphatic heterocycles. The first-order chi connectivity index (χ1) is 7.72. The zero-order chi connectivity index (χ0) is 11.7. The van der Waals surface area contributed by atoms with Crippen LogP contribution in [0.2, 0.25) is 0 Å². The minimum Gasteiger partial charge on any atom is -0.496 e. The SMILES string of the molecule is CCc1ccc(OC)c2c(C=O)cn(C)c12. The van der Waals surface area contributed by atoms with Crippen LogP contribution in [-0.4, -0.2) is 18.0 Å². The van der Waals surface area contributed by atoms with Crippen molar-refractivity contribution in [1.29, 1.82) is 0 Å². The van der Waals surface area contributed by atoms with E-state index in [9.17, 15) is 4.79 Å². The molecule has 3 heteroatoms. The van der Waals surface area contributed by atoms with E-state index in [-0.39, 0.29) is 0 Å². The van der Waals surface area contributed by atoms with Crippen molar-refractivity contribution in [3.8, 4) is 5.75 Å². The maximum atomic E-state index is 11.0. The molecule has 0 fully saturated rings. The number of methoxy groups -OCH3 is 1. The number of fused-ring (bicyclic) bond motifs is 1. The number of aldehydes is 1. The number of rotatable bonds is 3. The summed E-state index contributed by atoms with van der Waals surface area (Å²) in [4.78, 5) is 11.0. The Morgan fingerprint density at radius 3 is 2.75 bits per heavy atom. The number of carbonyl (C=O) groups excluding carboxylic acids is 1. The summed E-state index contributed by atoms with van der Waals surface area (Å²) in [5, 5.41) is 0.916. The Morgan fingerprint density at radius 1 is 1.44 bits per heavy atom. The van der Waals surface area contributed by atoms with Crippen LogP contribution in [0.25, 0.3) is 10.9 Å². The Morgan fingerprint density at radius 2 is 2.19 bits per heavy atom. The van der Waals surface area contributed by atoms with Crippen LogP contribution in [0, 0.1) is 0 Å². The molecule has 1 aromatic carbocycles. The van der Waals surface area contributed by atoms with Gasteiger partial charge in [0.25, 0.3) is 0 Å². The van der Waals surface area contributed by atoms with Gasteiger partial charge in [0.2, 0.25) is 0 Å². The zero-order valence-electron chi connectivity index (χ0n) is 9.78.